The molecule has 2 saturated heterocycles. The van der Waals surface area contributed by atoms with Crippen molar-refractivity contribution in [3.8, 4) is 17.2 Å². The van der Waals surface area contributed by atoms with Crippen molar-refractivity contribution in [2.45, 2.75) is 25.7 Å². The van der Waals surface area contributed by atoms with E-state index in [0.29, 0.717) is 11.8 Å². The van der Waals surface area contributed by atoms with Crippen LogP contribution in [0.15, 0.2) is 34.9 Å². The summed E-state index contributed by atoms with van der Waals surface area (Å²) in [6, 6.07) is 7.75. The third-order valence-electron chi connectivity index (χ3n) is 4.94. The van der Waals surface area contributed by atoms with Crippen molar-refractivity contribution in [1.82, 2.24) is 9.88 Å². The molecule has 0 atom stereocenters. The Hall–Kier alpha value is -1.89. The molecule has 1 aromatic carbocycles. The summed E-state index contributed by atoms with van der Waals surface area (Å²) in [5.41, 5.74) is 1.93. The summed E-state index contributed by atoms with van der Waals surface area (Å²) in [6.45, 7) is 4.37. The monoisotopic (exact) mass is 344 g/mol. The summed E-state index contributed by atoms with van der Waals surface area (Å²) in [7, 11) is 1.66. The summed E-state index contributed by atoms with van der Waals surface area (Å²) in [5, 5.41) is 0. The largest absolute Gasteiger partial charge is 0.497 e. The number of methoxy groups -OCH3 is 1. The maximum absolute atomic E-state index is 5.65. The number of hydrogen-bond acceptors (Lipinski definition) is 6. The van der Waals surface area contributed by atoms with E-state index in [0.717, 1.165) is 62.7 Å². The Morgan fingerprint density at radius 3 is 2.52 bits per heavy atom. The maximum atomic E-state index is 5.65. The fourth-order valence-corrected chi connectivity index (χ4v) is 3.51. The zero-order chi connectivity index (χ0) is 17.1. The van der Waals surface area contributed by atoms with E-state index in [1.165, 1.54) is 0 Å². The first-order valence-corrected chi connectivity index (χ1v) is 8.86. The predicted octanol–water partition coefficient (Wildman–Crippen LogP) is 2.94. The first-order chi connectivity index (χ1) is 12.3. The van der Waals surface area contributed by atoms with Gasteiger partial charge in [0.1, 0.15) is 12.0 Å². The number of piperidine rings is 1. The Morgan fingerprint density at radius 1 is 1.12 bits per heavy atom. The van der Waals surface area contributed by atoms with Gasteiger partial charge in [-0.3, -0.25) is 4.90 Å². The molecule has 3 heterocycles. The fraction of sp³-hybridized carbons (Fsp3) is 0.526. The van der Waals surface area contributed by atoms with Gasteiger partial charge in [0.25, 0.3) is 0 Å². The molecule has 0 aliphatic carbocycles. The second-order valence-electron chi connectivity index (χ2n) is 6.60. The minimum Gasteiger partial charge on any atom is -0.497 e. The van der Waals surface area contributed by atoms with E-state index in [9.17, 15) is 0 Å². The van der Waals surface area contributed by atoms with Crippen LogP contribution in [-0.2, 0) is 16.0 Å². The van der Waals surface area contributed by atoms with Gasteiger partial charge >= 0.3 is 0 Å². The van der Waals surface area contributed by atoms with E-state index in [1.54, 1.807) is 13.4 Å². The zero-order valence-corrected chi connectivity index (χ0v) is 14.5. The number of aromatic nitrogens is 1. The fourth-order valence-electron chi connectivity index (χ4n) is 3.51. The highest BCUT2D eigenvalue weighted by molar-refractivity contribution is 5.54. The highest BCUT2D eigenvalue weighted by atomic mass is 16.7. The number of oxazole rings is 1. The van der Waals surface area contributed by atoms with E-state index < -0.39 is 0 Å². The topological polar surface area (TPSA) is 57.0 Å². The SMILES string of the molecule is COc1ccc(-c2nc(CN3CCC(C4OCCO4)CC3)co2)cc1. The van der Waals surface area contributed by atoms with Crippen molar-refractivity contribution in [3.63, 3.8) is 0 Å². The zero-order valence-electron chi connectivity index (χ0n) is 14.5. The lowest BCUT2D eigenvalue weighted by Gasteiger charge is -2.33. The molecule has 25 heavy (non-hydrogen) atoms. The van der Waals surface area contributed by atoms with Gasteiger partial charge in [0.15, 0.2) is 6.29 Å². The number of ether oxygens (including phenoxy) is 3. The normalized spacial score (nSPS) is 20.2. The van der Waals surface area contributed by atoms with Crippen LogP contribution >= 0.6 is 0 Å². The molecular weight excluding hydrogens is 320 g/mol. The van der Waals surface area contributed by atoms with Crippen LogP contribution in [0.4, 0.5) is 0 Å². The van der Waals surface area contributed by atoms with Gasteiger partial charge in [-0.05, 0) is 50.2 Å². The van der Waals surface area contributed by atoms with Crippen molar-refractivity contribution in [2.75, 3.05) is 33.4 Å². The lowest BCUT2D eigenvalue weighted by Crippen LogP contribution is -2.37. The van der Waals surface area contributed by atoms with Gasteiger partial charge in [-0.1, -0.05) is 0 Å². The van der Waals surface area contributed by atoms with Gasteiger partial charge in [0, 0.05) is 18.0 Å². The number of nitrogens with zero attached hydrogens (tertiary/aromatic N) is 2. The van der Waals surface area contributed by atoms with Crippen LogP contribution in [0.5, 0.6) is 5.75 Å². The van der Waals surface area contributed by atoms with Gasteiger partial charge in [0.05, 0.1) is 26.0 Å². The minimum atomic E-state index is 0.0101. The van der Waals surface area contributed by atoms with Gasteiger partial charge < -0.3 is 18.6 Å². The molecule has 0 bridgehead atoms. The van der Waals surface area contributed by atoms with Gasteiger partial charge in [-0.15, -0.1) is 0 Å². The second kappa shape index (κ2) is 7.56. The van der Waals surface area contributed by atoms with Crippen LogP contribution < -0.4 is 4.74 Å². The molecule has 0 spiro atoms. The lowest BCUT2D eigenvalue weighted by atomic mass is 9.96. The molecule has 0 N–H and O–H groups in total. The average molecular weight is 344 g/mol. The van der Waals surface area contributed by atoms with E-state index in [4.69, 9.17) is 18.6 Å². The van der Waals surface area contributed by atoms with Crippen molar-refractivity contribution >= 4 is 0 Å². The molecule has 0 unspecified atom stereocenters. The van der Waals surface area contributed by atoms with Crippen LogP contribution in [-0.4, -0.2) is 49.6 Å². The molecule has 0 amide bonds. The van der Waals surface area contributed by atoms with E-state index in [-0.39, 0.29) is 6.29 Å². The quantitative estimate of drug-likeness (QED) is 0.831. The van der Waals surface area contributed by atoms with E-state index >= 15 is 0 Å². The number of likely N-dealkylation sites (tertiary alicyclic amines) is 1. The Balaban J connectivity index is 1.32. The van der Waals surface area contributed by atoms with E-state index in [1.807, 2.05) is 24.3 Å². The summed E-state index contributed by atoms with van der Waals surface area (Å²) in [4.78, 5) is 7.05. The molecule has 2 aromatic rings. The summed E-state index contributed by atoms with van der Waals surface area (Å²) in [6.07, 6.45) is 3.98. The average Bonchev–Trinajstić information content (AvgIpc) is 3.35. The van der Waals surface area contributed by atoms with Crippen LogP contribution in [0.3, 0.4) is 0 Å². The Morgan fingerprint density at radius 2 is 1.84 bits per heavy atom. The van der Waals surface area contributed by atoms with Crippen molar-refractivity contribution in [1.29, 1.82) is 0 Å². The standard InChI is InChI=1S/C19H24N2O4/c1-22-17-4-2-14(3-5-17)18-20-16(13-25-18)12-21-8-6-15(7-9-21)19-23-10-11-24-19/h2-5,13,15,19H,6-12H2,1H3. The minimum absolute atomic E-state index is 0.0101. The maximum Gasteiger partial charge on any atom is 0.226 e. The van der Waals surface area contributed by atoms with E-state index in [2.05, 4.69) is 9.88 Å². The lowest BCUT2D eigenvalue weighted by molar-refractivity contribution is -0.0978. The highest BCUT2D eigenvalue weighted by Crippen LogP contribution is 2.27. The Bertz CT molecular complexity index is 671. The smallest absolute Gasteiger partial charge is 0.226 e. The number of benzene rings is 1. The first kappa shape index (κ1) is 16.6. The second-order valence-corrected chi connectivity index (χ2v) is 6.60. The Labute approximate surface area is 147 Å². The number of hydrogen-bond donors (Lipinski definition) is 0. The van der Waals surface area contributed by atoms with Crippen LogP contribution in [0, 0.1) is 5.92 Å². The third-order valence-corrected chi connectivity index (χ3v) is 4.94. The van der Waals surface area contributed by atoms with Gasteiger partial charge in [0.2, 0.25) is 5.89 Å². The van der Waals surface area contributed by atoms with Gasteiger partial charge in [-0.25, -0.2) is 4.98 Å². The third kappa shape index (κ3) is 3.86. The van der Waals surface area contributed by atoms with Crippen molar-refractivity contribution < 1.29 is 18.6 Å². The highest BCUT2D eigenvalue weighted by Gasteiger charge is 2.30. The van der Waals surface area contributed by atoms with Crippen molar-refractivity contribution in [3.05, 3.63) is 36.2 Å². The molecule has 1 aromatic heterocycles. The molecule has 2 fully saturated rings. The molecule has 2 aliphatic heterocycles. The summed E-state index contributed by atoms with van der Waals surface area (Å²) < 4.78 is 22.1. The number of rotatable bonds is 5. The van der Waals surface area contributed by atoms with Crippen LogP contribution in [0.2, 0.25) is 0 Å². The summed E-state index contributed by atoms with van der Waals surface area (Å²) >= 11 is 0. The molecule has 6 heteroatoms. The van der Waals surface area contributed by atoms with Crippen molar-refractivity contribution in [2.24, 2.45) is 5.92 Å². The van der Waals surface area contributed by atoms with Crippen LogP contribution in [0.25, 0.3) is 11.5 Å². The molecular formula is C19H24N2O4. The Kier molecular flexibility index (Phi) is 5.01. The molecule has 2 aliphatic rings. The summed E-state index contributed by atoms with van der Waals surface area (Å²) in [5.74, 6) is 2.00. The molecule has 134 valence electrons. The molecule has 0 radical (unpaired) electrons. The molecule has 4 rings (SSSR count). The molecule has 6 nitrogen and oxygen atoms in total. The predicted molar refractivity (Wildman–Crippen MR) is 92.2 cm³/mol. The molecule has 0 saturated carbocycles. The van der Waals surface area contributed by atoms with Crippen LogP contribution in [0.1, 0.15) is 18.5 Å². The van der Waals surface area contributed by atoms with Gasteiger partial charge in [-0.2, -0.15) is 0 Å². The first-order valence-electron chi connectivity index (χ1n) is 8.86.